The molecule has 106 valence electrons. The molecule has 4 nitrogen and oxygen atoms in total. The van der Waals surface area contributed by atoms with Crippen molar-refractivity contribution in [3.63, 3.8) is 0 Å². The first-order valence-corrected chi connectivity index (χ1v) is 8.19. The van der Waals surface area contributed by atoms with Gasteiger partial charge in [0.25, 0.3) is 0 Å². The zero-order chi connectivity index (χ0) is 14.5. The van der Waals surface area contributed by atoms with Gasteiger partial charge in [-0.1, -0.05) is 23.4 Å². The van der Waals surface area contributed by atoms with Crippen LogP contribution in [0.4, 0.5) is 11.4 Å². The molecule has 0 aliphatic heterocycles. The average Bonchev–Trinajstić information content (AvgIpc) is 2.79. The molecule has 1 aromatic heterocycles. The van der Waals surface area contributed by atoms with E-state index in [4.69, 9.17) is 17.3 Å². The molecule has 2 rings (SSSR count). The molecule has 1 heterocycles. The fourth-order valence-electron chi connectivity index (χ4n) is 1.49. The van der Waals surface area contributed by atoms with Crippen molar-refractivity contribution in [3.05, 3.63) is 34.3 Å². The van der Waals surface area contributed by atoms with Crippen LogP contribution in [-0.2, 0) is 4.79 Å². The van der Waals surface area contributed by atoms with Crippen LogP contribution >= 0.6 is 34.7 Å². The number of rotatable bonds is 5. The zero-order valence-corrected chi connectivity index (χ0v) is 13.2. The molecule has 0 saturated carbocycles. The van der Waals surface area contributed by atoms with Crippen molar-refractivity contribution in [1.82, 2.24) is 4.98 Å². The fourth-order valence-corrected chi connectivity index (χ4v) is 3.53. The molecular formula is C13H14ClN3OS2. The summed E-state index contributed by atoms with van der Waals surface area (Å²) in [4.78, 5) is 16.1. The Bertz CT molecular complexity index is 615. The Morgan fingerprint density at radius 1 is 1.55 bits per heavy atom. The number of hydrogen-bond donors (Lipinski definition) is 2. The van der Waals surface area contributed by atoms with Crippen LogP contribution in [0.15, 0.2) is 27.9 Å². The SMILES string of the molecule is Cc1csc(SCCC(=O)Nc2ccc(Cl)cc2N)n1. The molecule has 0 spiro atoms. The summed E-state index contributed by atoms with van der Waals surface area (Å²) in [6.45, 7) is 1.95. The van der Waals surface area contributed by atoms with Gasteiger partial charge in [0.15, 0.2) is 0 Å². The van der Waals surface area contributed by atoms with Gasteiger partial charge in [0.1, 0.15) is 4.34 Å². The summed E-state index contributed by atoms with van der Waals surface area (Å²) in [6.07, 6.45) is 0.408. The number of carbonyl (C=O) groups is 1. The van der Waals surface area contributed by atoms with E-state index < -0.39 is 0 Å². The highest BCUT2D eigenvalue weighted by atomic mass is 35.5. The van der Waals surface area contributed by atoms with E-state index in [0.29, 0.717) is 28.6 Å². The third-order valence-electron chi connectivity index (χ3n) is 2.44. The maximum absolute atomic E-state index is 11.8. The number of thioether (sulfide) groups is 1. The van der Waals surface area contributed by atoms with Gasteiger partial charge >= 0.3 is 0 Å². The van der Waals surface area contributed by atoms with Crippen molar-refractivity contribution in [2.75, 3.05) is 16.8 Å². The molecule has 1 amide bonds. The molecule has 0 radical (unpaired) electrons. The molecule has 3 N–H and O–H groups in total. The van der Waals surface area contributed by atoms with Gasteiger partial charge in [-0.2, -0.15) is 0 Å². The third kappa shape index (κ3) is 4.40. The van der Waals surface area contributed by atoms with E-state index in [9.17, 15) is 4.79 Å². The van der Waals surface area contributed by atoms with E-state index in [0.717, 1.165) is 10.0 Å². The third-order valence-corrected chi connectivity index (χ3v) is 4.82. The normalized spacial score (nSPS) is 10.5. The Balaban J connectivity index is 1.80. The van der Waals surface area contributed by atoms with E-state index in [1.165, 1.54) is 0 Å². The Labute approximate surface area is 130 Å². The lowest BCUT2D eigenvalue weighted by Crippen LogP contribution is -2.13. The number of nitrogens with two attached hydrogens (primary N) is 1. The number of aromatic nitrogens is 1. The smallest absolute Gasteiger partial charge is 0.225 e. The first kappa shape index (κ1) is 15.2. The standard InChI is InChI=1S/C13H14ClN3OS2/c1-8-7-20-13(16-8)19-5-4-12(18)17-11-3-2-9(14)6-10(11)15/h2-3,6-7H,4-5,15H2,1H3,(H,17,18). The predicted molar refractivity (Wildman–Crippen MR) is 86.7 cm³/mol. The zero-order valence-electron chi connectivity index (χ0n) is 10.9. The largest absolute Gasteiger partial charge is 0.397 e. The Hall–Kier alpha value is -1.24. The van der Waals surface area contributed by atoms with Crippen LogP contribution in [0, 0.1) is 6.92 Å². The average molecular weight is 328 g/mol. The highest BCUT2D eigenvalue weighted by molar-refractivity contribution is 8.01. The summed E-state index contributed by atoms with van der Waals surface area (Å²) in [5, 5.41) is 5.32. The van der Waals surface area contributed by atoms with Crippen LogP contribution in [0.3, 0.4) is 0 Å². The molecule has 0 unspecified atom stereocenters. The van der Waals surface area contributed by atoms with Gasteiger partial charge in [0, 0.05) is 28.3 Å². The molecule has 1 aromatic carbocycles. The van der Waals surface area contributed by atoms with Crippen molar-refractivity contribution in [3.8, 4) is 0 Å². The van der Waals surface area contributed by atoms with Gasteiger partial charge < -0.3 is 11.1 Å². The Kier molecular flexibility index (Phi) is 5.28. The van der Waals surface area contributed by atoms with Gasteiger partial charge in [-0.3, -0.25) is 4.79 Å². The lowest BCUT2D eigenvalue weighted by atomic mass is 10.2. The van der Waals surface area contributed by atoms with Crippen LogP contribution in [0.25, 0.3) is 0 Å². The molecule has 0 fully saturated rings. The lowest BCUT2D eigenvalue weighted by molar-refractivity contribution is -0.115. The summed E-state index contributed by atoms with van der Waals surface area (Å²) < 4.78 is 0.987. The van der Waals surface area contributed by atoms with Crippen molar-refractivity contribution in [2.24, 2.45) is 0 Å². The fraction of sp³-hybridized carbons (Fsp3) is 0.231. The first-order valence-electron chi connectivity index (χ1n) is 5.94. The number of nitrogens with zero attached hydrogens (tertiary/aromatic N) is 1. The quantitative estimate of drug-likeness (QED) is 0.647. The second kappa shape index (κ2) is 6.97. The highest BCUT2D eigenvalue weighted by Crippen LogP contribution is 2.24. The van der Waals surface area contributed by atoms with Gasteiger partial charge in [0.05, 0.1) is 11.4 Å². The number of benzene rings is 1. The summed E-state index contributed by atoms with van der Waals surface area (Å²) in [6, 6.07) is 5.01. The summed E-state index contributed by atoms with van der Waals surface area (Å²) in [7, 11) is 0. The van der Waals surface area contributed by atoms with E-state index in [2.05, 4.69) is 10.3 Å². The van der Waals surface area contributed by atoms with E-state index in [-0.39, 0.29) is 5.91 Å². The molecular weight excluding hydrogens is 314 g/mol. The molecule has 20 heavy (non-hydrogen) atoms. The number of thiazole rings is 1. The second-order valence-electron chi connectivity index (χ2n) is 4.13. The number of anilines is 2. The Morgan fingerprint density at radius 3 is 3.00 bits per heavy atom. The number of hydrogen-bond acceptors (Lipinski definition) is 5. The number of carbonyl (C=O) groups excluding carboxylic acids is 1. The Morgan fingerprint density at radius 2 is 2.35 bits per heavy atom. The molecule has 0 aliphatic rings. The van der Waals surface area contributed by atoms with E-state index in [1.807, 2.05) is 12.3 Å². The van der Waals surface area contributed by atoms with E-state index >= 15 is 0 Å². The number of aryl methyl sites for hydroxylation is 1. The van der Waals surface area contributed by atoms with Crippen LogP contribution in [0.2, 0.25) is 5.02 Å². The van der Waals surface area contributed by atoms with Crippen LogP contribution < -0.4 is 11.1 Å². The number of amides is 1. The number of halogens is 1. The van der Waals surface area contributed by atoms with Crippen LogP contribution in [-0.4, -0.2) is 16.6 Å². The highest BCUT2D eigenvalue weighted by Gasteiger charge is 2.07. The summed E-state index contributed by atoms with van der Waals surface area (Å²) >= 11 is 8.98. The van der Waals surface area contributed by atoms with Gasteiger partial charge in [-0.05, 0) is 25.1 Å². The lowest BCUT2D eigenvalue weighted by Gasteiger charge is -2.08. The maximum Gasteiger partial charge on any atom is 0.225 e. The predicted octanol–water partition coefficient (Wildman–Crippen LogP) is 3.81. The van der Waals surface area contributed by atoms with Crippen LogP contribution in [0.5, 0.6) is 0 Å². The van der Waals surface area contributed by atoms with E-state index in [1.54, 1.807) is 41.3 Å². The topological polar surface area (TPSA) is 68.0 Å². The molecule has 0 atom stereocenters. The minimum Gasteiger partial charge on any atom is -0.397 e. The first-order chi connectivity index (χ1) is 9.54. The summed E-state index contributed by atoms with van der Waals surface area (Å²) in [5.41, 5.74) is 7.85. The van der Waals surface area contributed by atoms with Gasteiger partial charge in [0.2, 0.25) is 5.91 Å². The van der Waals surface area contributed by atoms with Crippen molar-refractivity contribution in [1.29, 1.82) is 0 Å². The maximum atomic E-state index is 11.8. The van der Waals surface area contributed by atoms with Crippen molar-refractivity contribution >= 4 is 52.0 Å². The monoisotopic (exact) mass is 327 g/mol. The molecule has 0 aliphatic carbocycles. The van der Waals surface area contributed by atoms with Gasteiger partial charge in [-0.15, -0.1) is 11.3 Å². The molecule has 0 bridgehead atoms. The van der Waals surface area contributed by atoms with Crippen LogP contribution in [0.1, 0.15) is 12.1 Å². The minimum absolute atomic E-state index is 0.0696. The summed E-state index contributed by atoms with van der Waals surface area (Å²) in [5.74, 6) is 0.617. The van der Waals surface area contributed by atoms with Crippen molar-refractivity contribution < 1.29 is 4.79 Å². The molecule has 7 heteroatoms. The molecule has 0 saturated heterocycles. The minimum atomic E-state index is -0.0696. The van der Waals surface area contributed by atoms with Gasteiger partial charge in [-0.25, -0.2) is 4.98 Å². The second-order valence-corrected chi connectivity index (χ2v) is 6.77. The number of nitrogens with one attached hydrogen (secondary N) is 1. The number of nitrogen functional groups attached to an aromatic ring is 1. The van der Waals surface area contributed by atoms with Crippen molar-refractivity contribution in [2.45, 2.75) is 17.7 Å². The molecule has 2 aromatic rings.